The highest BCUT2D eigenvalue weighted by atomic mass is 79.9. The minimum Gasteiger partial charge on any atom is -0.478 e. The van der Waals surface area contributed by atoms with Crippen LogP contribution in [-0.2, 0) is 4.74 Å². The van der Waals surface area contributed by atoms with Gasteiger partial charge in [0.25, 0.3) is 0 Å². The molecule has 1 aromatic carbocycles. The van der Waals surface area contributed by atoms with E-state index in [4.69, 9.17) is 9.84 Å². The van der Waals surface area contributed by atoms with Crippen LogP contribution in [0.4, 0.5) is 10.1 Å². The summed E-state index contributed by atoms with van der Waals surface area (Å²) in [6, 6.07) is 2.74. The number of nitrogens with one attached hydrogen (secondary N) is 1. The van der Waals surface area contributed by atoms with Gasteiger partial charge in [-0.3, -0.25) is 0 Å². The molecule has 1 aromatic rings. The van der Waals surface area contributed by atoms with E-state index < -0.39 is 17.4 Å². The van der Waals surface area contributed by atoms with Crippen LogP contribution >= 0.6 is 15.9 Å². The Morgan fingerprint density at radius 3 is 2.67 bits per heavy atom. The molecule has 0 unspecified atom stereocenters. The zero-order chi connectivity index (χ0) is 13.9. The van der Waals surface area contributed by atoms with Gasteiger partial charge >= 0.3 is 5.97 Å². The zero-order valence-corrected chi connectivity index (χ0v) is 12.0. The summed E-state index contributed by atoms with van der Waals surface area (Å²) in [4.78, 5) is 10.8. The van der Waals surface area contributed by atoms with E-state index in [1.807, 2.05) is 13.8 Å². The van der Waals surface area contributed by atoms with Crippen LogP contribution in [0, 0.1) is 5.82 Å². The molecule has 0 aromatic heterocycles. The molecular formula is C12H15BrFNO3. The molecule has 2 N–H and O–H groups in total. The van der Waals surface area contributed by atoms with Crippen molar-refractivity contribution in [2.45, 2.75) is 19.4 Å². The number of hydrogen-bond acceptors (Lipinski definition) is 3. The van der Waals surface area contributed by atoms with Gasteiger partial charge in [-0.25, -0.2) is 9.18 Å². The molecule has 0 aliphatic carbocycles. The predicted octanol–water partition coefficient (Wildman–Crippen LogP) is 3.12. The zero-order valence-electron chi connectivity index (χ0n) is 10.4. The van der Waals surface area contributed by atoms with E-state index in [1.54, 1.807) is 7.11 Å². The SMILES string of the molecule is COC(C)(C)CNc1ccc(C(=O)O)c(Br)c1F. The number of hydrogen-bond donors (Lipinski definition) is 2. The second kappa shape index (κ2) is 5.67. The van der Waals surface area contributed by atoms with E-state index in [9.17, 15) is 9.18 Å². The fraction of sp³-hybridized carbons (Fsp3) is 0.417. The van der Waals surface area contributed by atoms with Gasteiger partial charge in [-0.1, -0.05) is 0 Å². The number of carboxylic acids is 1. The van der Waals surface area contributed by atoms with Crippen LogP contribution in [0.1, 0.15) is 24.2 Å². The van der Waals surface area contributed by atoms with Crippen molar-refractivity contribution in [1.29, 1.82) is 0 Å². The number of ether oxygens (including phenoxy) is 1. The summed E-state index contributed by atoms with van der Waals surface area (Å²) in [5.41, 5.74) is -0.314. The van der Waals surface area contributed by atoms with Crippen molar-refractivity contribution < 1.29 is 19.0 Å². The first-order chi connectivity index (χ1) is 8.28. The summed E-state index contributed by atoms with van der Waals surface area (Å²) < 4.78 is 19.0. The number of benzene rings is 1. The third-order valence-corrected chi connectivity index (χ3v) is 3.35. The molecule has 100 valence electrons. The normalized spacial score (nSPS) is 11.4. The largest absolute Gasteiger partial charge is 0.478 e. The molecule has 4 nitrogen and oxygen atoms in total. The van der Waals surface area contributed by atoms with Crippen molar-refractivity contribution in [3.63, 3.8) is 0 Å². The maximum absolute atomic E-state index is 13.9. The van der Waals surface area contributed by atoms with Gasteiger partial charge in [-0.05, 0) is 41.9 Å². The second-order valence-electron chi connectivity index (χ2n) is 4.41. The summed E-state index contributed by atoms with van der Waals surface area (Å²) >= 11 is 2.94. The third-order valence-electron chi connectivity index (χ3n) is 2.57. The van der Waals surface area contributed by atoms with Gasteiger partial charge in [0.15, 0.2) is 5.82 Å². The highest BCUT2D eigenvalue weighted by Crippen LogP contribution is 2.27. The van der Waals surface area contributed by atoms with Gasteiger partial charge in [0.2, 0.25) is 0 Å². The minimum absolute atomic E-state index is 0.0600. The van der Waals surface area contributed by atoms with E-state index >= 15 is 0 Å². The van der Waals surface area contributed by atoms with Crippen LogP contribution in [0.5, 0.6) is 0 Å². The smallest absolute Gasteiger partial charge is 0.336 e. The van der Waals surface area contributed by atoms with Crippen LogP contribution in [0.2, 0.25) is 0 Å². The van der Waals surface area contributed by atoms with Crippen LogP contribution in [0.3, 0.4) is 0 Å². The highest BCUT2D eigenvalue weighted by Gasteiger charge is 2.19. The van der Waals surface area contributed by atoms with Crippen molar-refractivity contribution in [3.05, 3.63) is 28.0 Å². The maximum atomic E-state index is 13.9. The lowest BCUT2D eigenvalue weighted by atomic mass is 10.1. The van der Waals surface area contributed by atoms with E-state index in [-0.39, 0.29) is 15.7 Å². The maximum Gasteiger partial charge on any atom is 0.336 e. The number of carbonyl (C=O) groups is 1. The Morgan fingerprint density at radius 2 is 2.17 bits per heavy atom. The molecule has 0 saturated heterocycles. The molecule has 0 spiro atoms. The average Bonchev–Trinajstić information content (AvgIpc) is 2.30. The van der Waals surface area contributed by atoms with Crippen LogP contribution in [-0.4, -0.2) is 30.3 Å². The molecule has 0 bridgehead atoms. The van der Waals surface area contributed by atoms with E-state index in [1.165, 1.54) is 12.1 Å². The Morgan fingerprint density at radius 1 is 1.56 bits per heavy atom. The summed E-state index contributed by atoms with van der Waals surface area (Å²) in [7, 11) is 1.57. The number of anilines is 1. The Bertz CT molecular complexity index is 463. The van der Waals surface area contributed by atoms with Gasteiger partial charge in [-0.15, -0.1) is 0 Å². The minimum atomic E-state index is -1.18. The quantitative estimate of drug-likeness (QED) is 0.875. The van der Waals surface area contributed by atoms with Gasteiger partial charge in [0.05, 0.1) is 21.3 Å². The third kappa shape index (κ3) is 3.43. The molecule has 0 radical (unpaired) electrons. The first-order valence-corrected chi connectivity index (χ1v) is 6.08. The lowest BCUT2D eigenvalue weighted by Gasteiger charge is -2.24. The van der Waals surface area contributed by atoms with Crippen LogP contribution < -0.4 is 5.32 Å². The fourth-order valence-corrected chi connectivity index (χ4v) is 1.75. The number of aromatic carboxylic acids is 1. The monoisotopic (exact) mass is 319 g/mol. The molecule has 1 rings (SSSR count). The highest BCUT2D eigenvalue weighted by molar-refractivity contribution is 9.10. The standard InChI is InChI=1S/C12H15BrFNO3/c1-12(2,18-3)6-15-8-5-4-7(11(16)17)9(13)10(8)14/h4-5,15H,6H2,1-3H3,(H,16,17). The molecule has 0 atom stereocenters. The van der Waals surface area contributed by atoms with E-state index in [0.29, 0.717) is 6.54 Å². The van der Waals surface area contributed by atoms with Crippen molar-refractivity contribution >= 4 is 27.6 Å². The van der Waals surface area contributed by atoms with Gasteiger partial charge in [0.1, 0.15) is 0 Å². The molecule has 6 heteroatoms. The first kappa shape index (κ1) is 14.9. The molecule has 0 aliphatic heterocycles. The van der Waals surface area contributed by atoms with Crippen molar-refractivity contribution in [2.75, 3.05) is 19.0 Å². The number of rotatable bonds is 5. The number of methoxy groups -OCH3 is 1. The lowest BCUT2D eigenvalue weighted by molar-refractivity contribution is 0.0343. The first-order valence-electron chi connectivity index (χ1n) is 5.29. The topological polar surface area (TPSA) is 58.6 Å². The van der Waals surface area contributed by atoms with Crippen molar-refractivity contribution in [1.82, 2.24) is 0 Å². The molecule has 0 aliphatic rings. The molecule has 0 saturated carbocycles. The fourth-order valence-electron chi connectivity index (χ4n) is 1.23. The summed E-state index contributed by atoms with van der Waals surface area (Å²) in [5.74, 6) is -1.80. The predicted molar refractivity (Wildman–Crippen MR) is 70.6 cm³/mol. The summed E-state index contributed by atoms with van der Waals surface area (Å²) in [6.07, 6.45) is 0. The lowest BCUT2D eigenvalue weighted by Crippen LogP contribution is -2.32. The van der Waals surface area contributed by atoms with Gasteiger partial charge in [-0.2, -0.15) is 0 Å². The molecule has 0 amide bonds. The van der Waals surface area contributed by atoms with Gasteiger partial charge in [0, 0.05) is 13.7 Å². The van der Waals surface area contributed by atoms with Crippen LogP contribution in [0.25, 0.3) is 0 Å². The van der Waals surface area contributed by atoms with Crippen molar-refractivity contribution in [2.24, 2.45) is 0 Å². The average molecular weight is 320 g/mol. The summed E-state index contributed by atoms with van der Waals surface area (Å²) in [6.45, 7) is 4.12. The van der Waals surface area contributed by atoms with E-state index in [2.05, 4.69) is 21.2 Å². The molecule has 0 heterocycles. The second-order valence-corrected chi connectivity index (χ2v) is 5.20. The Balaban J connectivity index is 2.93. The molecular weight excluding hydrogens is 305 g/mol. The Hall–Kier alpha value is -1.14. The summed E-state index contributed by atoms with van der Waals surface area (Å²) in [5, 5.41) is 11.7. The van der Waals surface area contributed by atoms with Crippen LogP contribution in [0.15, 0.2) is 16.6 Å². The van der Waals surface area contributed by atoms with Crippen molar-refractivity contribution in [3.8, 4) is 0 Å². The number of halogens is 2. The Kier molecular flexibility index (Phi) is 4.70. The van der Waals surface area contributed by atoms with E-state index in [0.717, 1.165) is 0 Å². The molecule has 18 heavy (non-hydrogen) atoms. The molecule has 0 fully saturated rings. The number of carboxylic acid groups (broad SMARTS) is 1. The Labute approximate surface area is 113 Å². The van der Waals surface area contributed by atoms with Gasteiger partial charge < -0.3 is 15.2 Å².